The molecule has 2 amide bonds. The number of nitrogens with one attached hydrogen (secondary N) is 4. The number of anilines is 1. The van der Waals surface area contributed by atoms with Crippen LogP contribution in [0.3, 0.4) is 0 Å². The summed E-state index contributed by atoms with van der Waals surface area (Å²) in [5, 5.41) is 17.6. The molecular formula is C29H30ClN5O3. The Kier molecular flexibility index (Phi) is 9.13. The number of halogens is 1. The lowest BCUT2D eigenvalue weighted by Crippen LogP contribution is -2.44. The van der Waals surface area contributed by atoms with Gasteiger partial charge in [-0.25, -0.2) is 0 Å². The fourth-order valence-electron chi connectivity index (χ4n) is 4.06. The first-order valence-corrected chi connectivity index (χ1v) is 12.7. The van der Waals surface area contributed by atoms with Crippen LogP contribution < -0.4 is 20.7 Å². The zero-order valence-corrected chi connectivity index (χ0v) is 21.8. The minimum absolute atomic E-state index is 0.0434. The van der Waals surface area contributed by atoms with Crippen LogP contribution in [0.25, 0.3) is 11.1 Å². The topological polar surface area (TPSA) is 107 Å². The van der Waals surface area contributed by atoms with E-state index >= 15 is 0 Å². The van der Waals surface area contributed by atoms with Gasteiger partial charge in [0, 0.05) is 56.6 Å². The zero-order valence-electron chi connectivity index (χ0n) is 21.1. The minimum atomic E-state index is -0.459. The van der Waals surface area contributed by atoms with Crippen molar-refractivity contribution in [3.63, 3.8) is 0 Å². The lowest BCUT2D eigenvalue weighted by molar-refractivity contribution is -0.119. The zero-order chi connectivity index (χ0) is 26.9. The summed E-state index contributed by atoms with van der Waals surface area (Å²) in [5.74, 6) is -0.0223. The van der Waals surface area contributed by atoms with Crippen molar-refractivity contribution in [3.8, 4) is 16.9 Å². The highest BCUT2D eigenvalue weighted by molar-refractivity contribution is 6.30. The molecule has 3 aromatic carbocycles. The third kappa shape index (κ3) is 7.21. The first kappa shape index (κ1) is 26.9. The number of hydrogen-bond donors (Lipinski definition) is 4. The molecule has 1 aliphatic heterocycles. The van der Waals surface area contributed by atoms with E-state index in [-0.39, 0.29) is 11.7 Å². The highest BCUT2D eigenvalue weighted by atomic mass is 35.5. The number of carbonyl (C=O) groups is 2. The molecule has 9 heteroatoms. The maximum atomic E-state index is 13.4. The van der Waals surface area contributed by atoms with Gasteiger partial charge in [0.05, 0.1) is 0 Å². The normalized spacial score (nSPS) is 13.8. The van der Waals surface area contributed by atoms with Gasteiger partial charge < -0.3 is 31.0 Å². The summed E-state index contributed by atoms with van der Waals surface area (Å²) in [5.41, 5.74) is 3.94. The summed E-state index contributed by atoms with van der Waals surface area (Å²) >= 11 is 5.98. The number of rotatable bonds is 9. The Morgan fingerprint density at radius 3 is 2.39 bits per heavy atom. The van der Waals surface area contributed by atoms with Crippen LogP contribution in [-0.2, 0) is 16.1 Å². The molecule has 0 bridgehead atoms. The molecule has 0 aliphatic carbocycles. The van der Waals surface area contributed by atoms with Crippen molar-refractivity contribution >= 4 is 35.3 Å². The third-order valence-electron chi connectivity index (χ3n) is 6.01. The first-order valence-electron chi connectivity index (χ1n) is 12.3. The SMILES string of the molecule is CC(=O)NCc1cccc(-c2ccc(O/C(C(=O)Nc3ccc(Cl)cc3)=C(/C=N)N3CCNCC3)cc2)c1. The Balaban J connectivity index is 1.58. The van der Waals surface area contributed by atoms with Crippen LogP contribution in [0.4, 0.5) is 5.69 Å². The maximum absolute atomic E-state index is 13.4. The van der Waals surface area contributed by atoms with Crippen molar-refractivity contribution in [2.45, 2.75) is 13.5 Å². The van der Waals surface area contributed by atoms with Crippen molar-refractivity contribution in [1.82, 2.24) is 15.5 Å². The van der Waals surface area contributed by atoms with E-state index in [1.807, 2.05) is 41.3 Å². The maximum Gasteiger partial charge on any atom is 0.293 e. The quantitative estimate of drug-likeness (QED) is 0.186. The van der Waals surface area contributed by atoms with Crippen molar-refractivity contribution in [2.75, 3.05) is 31.5 Å². The number of hydrogen-bond acceptors (Lipinski definition) is 6. The molecule has 0 spiro atoms. The molecule has 1 fully saturated rings. The van der Waals surface area contributed by atoms with Gasteiger partial charge in [0.2, 0.25) is 11.7 Å². The Bertz CT molecular complexity index is 1320. The van der Waals surface area contributed by atoms with Crippen molar-refractivity contribution in [1.29, 1.82) is 5.41 Å². The number of carbonyl (C=O) groups excluding carboxylic acids is 2. The first-order chi connectivity index (χ1) is 18.4. The molecule has 38 heavy (non-hydrogen) atoms. The van der Waals surface area contributed by atoms with Crippen molar-refractivity contribution in [3.05, 3.63) is 94.8 Å². The predicted molar refractivity (Wildman–Crippen MR) is 150 cm³/mol. The largest absolute Gasteiger partial charge is 0.449 e. The summed E-state index contributed by atoms with van der Waals surface area (Å²) in [6.45, 7) is 4.75. The van der Waals surface area contributed by atoms with E-state index in [1.54, 1.807) is 36.4 Å². The molecule has 4 rings (SSSR count). The van der Waals surface area contributed by atoms with Gasteiger partial charge in [0.15, 0.2) is 0 Å². The standard InChI is InChI=1S/C29H30ClN5O3/c1-20(36)33-19-21-3-2-4-23(17-21)22-5-11-26(12-6-22)38-28(27(18-31)35-15-13-32-14-16-35)29(37)34-25-9-7-24(30)8-10-25/h2-12,17-18,31-32H,13-16,19H2,1H3,(H,33,36)(H,34,37)/b28-27-,31-18?. The van der Waals surface area contributed by atoms with E-state index in [4.69, 9.17) is 21.7 Å². The molecule has 0 aromatic heterocycles. The summed E-state index contributed by atoms with van der Waals surface area (Å²) in [6.07, 6.45) is 1.16. The number of benzene rings is 3. The van der Waals surface area contributed by atoms with Gasteiger partial charge in [-0.15, -0.1) is 0 Å². The molecule has 0 saturated carbocycles. The molecule has 196 valence electrons. The summed E-state index contributed by atoms with van der Waals surface area (Å²) in [7, 11) is 0. The summed E-state index contributed by atoms with van der Waals surface area (Å²) in [6, 6.07) is 22.2. The number of nitrogens with zero attached hydrogens (tertiary/aromatic N) is 1. The number of piperazine rings is 1. The van der Waals surface area contributed by atoms with Gasteiger partial charge in [-0.1, -0.05) is 41.9 Å². The number of amides is 2. The van der Waals surface area contributed by atoms with Gasteiger partial charge in [-0.3, -0.25) is 9.59 Å². The molecular weight excluding hydrogens is 502 g/mol. The van der Waals surface area contributed by atoms with Gasteiger partial charge in [0.1, 0.15) is 11.4 Å². The molecule has 0 unspecified atom stereocenters. The average Bonchev–Trinajstić information content (AvgIpc) is 2.94. The molecule has 0 radical (unpaired) electrons. The molecule has 4 N–H and O–H groups in total. The molecule has 1 heterocycles. The van der Waals surface area contributed by atoms with E-state index in [0.717, 1.165) is 36.0 Å². The molecule has 0 atom stereocenters. The summed E-state index contributed by atoms with van der Waals surface area (Å²) < 4.78 is 6.14. The fourth-order valence-corrected chi connectivity index (χ4v) is 4.19. The number of allylic oxidation sites excluding steroid dienone is 1. The Labute approximate surface area is 227 Å². The molecule has 1 aliphatic rings. The second-order valence-electron chi connectivity index (χ2n) is 8.79. The summed E-state index contributed by atoms with van der Waals surface area (Å²) in [4.78, 5) is 26.6. The highest BCUT2D eigenvalue weighted by Crippen LogP contribution is 2.26. The van der Waals surface area contributed by atoms with Crippen LogP contribution in [0.2, 0.25) is 5.02 Å². The number of ether oxygens (including phenoxy) is 1. The Morgan fingerprint density at radius 1 is 1.03 bits per heavy atom. The molecule has 8 nitrogen and oxygen atoms in total. The Morgan fingerprint density at radius 2 is 1.74 bits per heavy atom. The second-order valence-corrected chi connectivity index (χ2v) is 9.23. The minimum Gasteiger partial charge on any atom is -0.449 e. The monoisotopic (exact) mass is 531 g/mol. The Hall–Kier alpha value is -4.14. The van der Waals surface area contributed by atoms with Crippen LogP contribution in [0.5, 0.6) is 5.75 Å². The van der Waals surface area contributed by atoms with Crippen LogP contribution in [-0.4, -0.2) is 49.1 Å². The van der Waals surface area contributed by atoms with Gasteiger partial charge in [0.25, 0.3) is 5.91 Å². The van der Waals surface area contributed by atoms with Gasteiger partial charge >= 0.3 is 0 Å². The lowest BCUT2D eigenvalue weighted by Gasteiger charge is -2.30. The molecule has 3 aromatic rings. The van der Waals surface area contributed by atoms with Crippen molar-refractivity contribution in [2.24, 2.45) is 0 Å². The average molecular weight is 532 g/mol. The fraction of sp³-hybridized carbons (Fsp3) is 0.207. The second kappa shape index (κ2) is 12.9. The van der Waals surface area contributed by atoms with Crippen LogP contribution in [0, 0.1) is 5.41 Å². The van der Waals surface area contributed by atoms with Crippen LogP contribution in [0.15, 0.2) is 84.3 Å². The van der Waals surface area contributed by atoms with E-state index in [0.29, 0.717) is 41.8 Å². The van der Waals surface area contributed by atoms with E-state index in [1.165, 1.54) is 6.92 Å². The third-order valence-corrected chi connectivity index (χ3v) is 6.26. The highest BCUT2D eigenvalue weighted by Gasteiger charge is 2.23. The smallest absolute Gasteiger partial charge is 0.293 e. The van der Waals surface area contributed by atoms with E-state index < -0.39 is 5.91 Å². The van der Waals surface area contributed by atoms with Gasteiger partial charge in [-0.2, -0.15) is 0 Å². The molecule has 1 saturated heterocycles. The van der Waals surface area contributed by atoms with Crippen LogP contribution in [0.1, 0.15) is 12.5 Å². The van der Waals surface area contributed by atoms with E-state index in [2.05, 4.69) is 16.0 Å². The predicted octanol–water partition coefficient (Wildman–Crippen LogP) is 4.43. The van der Waals surface area contributed by atoms with Gasteiger partial charge in [-0.05, 0) is 59.2 Å². The van der Waals surface area contributed by atoms with Crippen LogP contribution >= 0.6 is 11.6 Å². The van der Waals surface area contributed by atoms with E-state index in [9.17, 15) is 9.59 Å². The lowest BCUT2D eigenvalue weighted by atomic mass is 10.0. The van der Waals surface area contributed by atoms with Crippen molar-refractivity contribution < 1.29 is 14.3 Å².